The summed E-state index contributed by atoms with van der Waals surface area (Å²) in [6, 6.07) is 11.8. The summed E-state index contributed by atoms with van der Waals surface area (Å²) in [5.41, 5.74) is 6.37. The van der Waals surface area contributed by atoms with Crippen LogP contribution in [0, 0.1) is 5.92 Å². The number of aromatic nitrogens is 4. The maximum atomic E-state index is 13.8. The molecular weight excluding hydrogens is 741 g/mol. The molecule has 0 bridgehead atoms. The highest BCUT2D eigenvalue weighted by molar-refractivity contribution is 6.39. The van der Waals surface area contributed by atoms with Gasteiger partial charge in [0.15, 0.2) is 11.6 Å². The lowest BCUT2D eigenvalue weighted by Gasteiger charge is -2.37. The summed E-state index contributed by atoms with van der Waals surface area (Å²) >= 11 is 14.0. The van der Waals surface area contributed by atoms with E-state index in [9.17, 15) is 19.5 Å². The largest absolute Gasteiger partial charge is 0.481 e. The summed E-state index contributed by atoms with van der Waals surface area (Å²) in [5.74, 6) is -0.696. The molecule has 2 N–H and O–H groups in total. The van der Waals surface area contributed by atoms with Crippen LogP contribution in [-0.2, 0) is 56.0 Å². The van der Waals surface area contributed by atoms with Gasteiger partial charge >= 0.3 is 5.97 Å². The maximum Gasteiger partial charge on any atom is 0.306 e. The van der Waals surface area contributed by atoms with Crippen LogP contribution in [0.3, 0.4) is 0 Å². The number of nitrogens with one attached hydrogen (secondary N) is 1. The first-order chi connectivity index (χ1) is 26.6. The number of carboxylic acids is 1. The molecule has 14 heteroatoms. The van der Waals surface area contributed by atoms with E-state index >= 15 is 0 Å². The predicted molar refractivity (Wildman–Crippen MR) is 210 cm³/mol. The zero-order valence-electron chi connectivity index (χ0n) is 31.3. The van der Waals surface area contributed by atoms with Gasteiger partial charge in [0, 0.05) is 107 Å². The minimum atomic E-state index is -0.703. The lowest BCUT2D eigenvalue weighted by atomic mass is 9.85. The summed E-state index contributed by atoms with van der Waals surface area (Å²) < 4.78 is 9.37. The molecule has 0 unspecified atom stereocenters. The number of fused-ring (bicyclic) bond motifs is 2. The molecule has 0 atom stereocenters. The number of nitrogens with zero attached hydrogens (tertiary/aromatic N) is 6. The Balaban J connectivity index is 0.954. The Labute approximate surface area is 330 Å². The lowest BCUT2D eigenvalue weighted by Crippen LogP contribution is -2.42. The molecule has 0 radical (unpaired) electrons. The molecule has 290 valence electrons. The van der Waals surface area contributed by atoms with E-state index in [-0.39, 0.29) is 24.0 Å². The van der Waals surface area contributed by atoms with E-state index in [0.29, 0.717) is 75.5 Å². The number of rotatable bonds is 9. The number of anilines is 1. The second-order valence-electron chi connectivity index (χ2n) is 15.4. The third-order valence-corrected chi connectivity index (χ3v) is 13.1. The Morgan fingerprint density at radius 1 is 0.782 bits per heavy atom. The van der Waals surface area contributed by atoms with Crippen molar-refractivity contribution in [3.8, 4) is 11.1 Å². The molecule has 1 saturated heterocycles. The molecule has 0 spiro atoms. The second-order valence-corrected chi connectivity index (χ2v) is 16.2. The number of carboxylic acid groups (broad SMARTS) is 1. The summed E-state index contributed by atoms with van der Waals surface area (Å²) in [4.78, 5) is 53.4. The molecule has 5 heterocycles. The molecular formula is C41H47Cl2N7O5. The number of ketones is 1. The molecule has 1 amide bonds. The van der Waals surface area contributed by atoms with Crippen molar-refractivity contribution in [2.24, 2.45) is 20.0 Å². The van der Waals surface area contributed by atoms with Crippen molar-refractivity contribution >= 4 is 46.5 Å². The Kier molecular flexibility index (Phi) is 10.9. The van der Waals surface area contributed by atoms with E-state index in [1.54, 1.807) is 6.07 Å². The number of Topliss-reactive ketones (excluding diaryl/α,β-unsaturated/α-hetero) is 1. The lowest BCUT2D eigenvalue weighted by molar-refractivity contribution is -0.143. The molecule has 12 nitrogen and oxygen atoms in total. The minimum absolute atomic E-state index is 0.0823. The van der Waals surface area contributed by atoms with Crippen molar-refractivity contribution in [2.75, 3.05) is 31.6 Å². The second kappa shape index (κ2) is 15.8. The van der Waals surface area contributed by atoms with Crippen molar-refractivity contribution in [3.63, 3.8) is 0 Å². The molecule has 1 saturated carbocycles. The van der Waals surface area contributed by atoms with Gasteiger partial charge in [-0.3, -0.25) is 24.2 Å². The molecule has 2 fully saturated rings. The summed E-state index contributed by atoms with van der Waals surface area (Å²) in [6.07, 6.45) is 6.83. The van der Waals surface area contributed by atoms with Gasteiger partial charge < -0.3 is 24.3 Å². The summed E-state index contributed by atoms with van der Waals surface area (Å²) in [6.45, 7) is 4.73. The number of imidazole rings is 2. The number of carbonyl (C=O) groups is 3. The number of hydrogen-bond acceptors (Lipinski definition) is 8. The monoisotopic (exact) mass is 787 g/mol. The normalized spacial score (nSPS) is 20.9. The smallest absolute Gasteiger partial charge is 0.306 e. The Morgan fingerprint density at radius 2 is 1.35 bits per heavy atom. The van der Waals surface area contributed by atoms with Gasteiger partial charge in [-0.25, -0.2) is 9.97 Å². The van der Waals surface area contributed by atoms with E-state index in [4.69, 9.17) is 37.9 Å². The maximum absolute atomic E-state index is 13.8. The van der Waals surface area contributed by atoms with E-state index in [1.165, 1.54) is 0 Å². The van der Waals surface area contributed by atoms with Crippen molar-refractivity contribution in [1.29, 1.82) is 0 Å². The van der Waals surface area contributed by atoms with Gasteiger partial charge in [0.1, 0.15) is 0 Å². The molecule has 2 aromatic heterocycles. The van der Waals surface area contributed by atoms with Crippen LogP contribution in [0.2, 0.25) is 10.0 Å². The first kappa shape index (κ1) is 37.8. The molecule has 4 aromatic rings. The molecule has 8 rings (SSSR count). The van der Waals surface area contributed by atoms with Gasteiger partial charge in [0.05, 0.1) is 33.0 Å². The van der Waals surface area contributed by atoms with E-state index < -0.39 is 5.97 Å². The van der Waals surface area contributed by atoms with Crippen LogP contribution in [0.4, 0.5) is 5.69 Å². The molecule has 55 heavy (non-hydrogen) atoms. The van der Waals surface area contributed by atoms with Crippen LogP contribution in [0.15, 0.2) is 36.4 Å². The van der Waals surface area contributed by atoms with Crippen LogP contribution in [-0.4, -0.2) is 90.1 Å². The van der Waals surface area contributed by atoms with Gasteiger partial charge in [-0.05, 0) is 50.2 Å². The number of amides is 1. The first-order valence-electron chi connectivity index (χ1n) is 19.4. The predicted octanol–water partition coefficient (Wildman–Crippen LogP) is 6.34. The molecule has 2 aromatic carbocycles. The number of benzene rings is 2. The van der Waals surface area contributed by atoms with E-state index in [2.05, 4.69) is 15.1 Å². The fraction of sp³-hybridized carbons (Fsp3) is 0.488. The highest BCUT2D eigenvalue weighted by Crippen LogP contribution is 2.39. The van der Waals surface area contributed by atoms with Gasteiger partial charge in [-0.1, -0.05) is 53.5 Å². The number of carbonyl (C=O) groups excluding carboxylic acids is 2. The van der Waals surface area contributed by atoms with Crippen LogP contribution >= 0.6 is 23.2 Å². The third kappa shape index (κ3) is 7.47. The fourth-order valence-electron chi connectivity index (χ4n) is 9.10. The Morgan fingerprint density at radius 3 is 1.98 bits per heavy atom. The average molecular weight is 789 g/mol. The van der Waals surface area contributed by atoms with Gasteiger partial charge in [0.25, 0.3) is 5.91 Å². The number of halogens is 2. The van der Waals surface area contributed by atoms with Crippen LogP contribution < -0.4 is 5.32 Å². The standard InChI is InChI=1S/C41H47Cl2N7O5/c1-47-33-13-18-50(27-15-19-55-20-16-27)22-31(33)44-38(47)35(51)21-25-5-3-6-28(36(25)42)29-7-4-8-30(37(29)43)46-40(52)39-45-32-23-49(17-14-34(32)48(39)2)26-11-9-24(10-12-26)41(53)54/h3-8,24,26-27H,9-23H2,1-2H3,(H,46,52)(H,53,54). The summed E-state index contributed by atoms with van der Waals surface area (Å²) in [5, 5.41) is 13.1. The van der Waals surface area contributed by atoms with Gasteiger partial charge in [-0.15, -0.1) is 0 Å². The average Bonchev–Trinajstić information content (AvgIpc) is 3.72. The molecule has 4 aliphatic rings. The van der Waals surface area contributed by atoms with Crippen molar-refractivity contribution < 1.29 is 24.2 Å². The number of ether oxygens (including phenoxy) is 1. The SMILES string of the molecule is Cn1c(C(=O)Cc2cccc(-c3cccc(NC(=O)c4nc5c(n4C)CCN(C4CCC(C(=O)O)CC4)C5)c3Cl)c2Cl)nc2c1CCN(C1CCOCC1)C2. The van der Waals surface area contributed by atoms with Gasteiger partial charge in [-0.2, -0.15) is 0 Å². The highest BCUT2D eigenvalue weighted by Gasteiger charge is 2.34. The van der Waals surface area contributed by atoms with Crippen molar-refractivity contribution in [1.82, 2.24) is 28.9 Å². The molecule has 1 aliphatic carbocycles. The Bertz CT molecular complexity index is 2130. The van der Waals surface area contributed by atoms with Gasteiger partial charge in [0.2, 0.25) is 5.78 Å². The summed E-state index contributed by atoms with van der Waals surface area (Å²) in [7, 11) is 3.79. The fourth-order valence-corrected chi connectivity index (χ4v) is 9.67. The molecule has 3 aliphatic heterocycles. The third-order valence-electron chi connectivity index (χ3n) is 12.3. The van der Waals surface area contributed by atoms with Crippen molar-refractivity contribution in [2.45, 2.75) is 83.0 Å². The van der Waals surface area contributed by atoms with E-state index in [0.717, 1.165) is 94.1 Å². The first-order valence-corrected chi connectivity index (χ1v) is 20.1. The highest BCUT2D eigenvalue weighted by atomic mass is 35.5. The van der Waals surface area contributed by atoms with Crippen LogP contribution in [0.1, 0.15) is 88.1 Å². The topological polar surface area (TPSA) is 135 Å². The quantitative estimate of drug-likeness (QED) is 0.186. The Hall–Kier alpha value is -4.07. The minimum Gasteiger partial charge on any atom is -0.481 e. The zero-order chi connectivity index (χ0) is 38.4. The number of hydrogen-bond donors (Lipinski definition) is 2. The zero-order valence-corrected chi connectivity index (χ0v) is 32.8. The van der Waals surface area contributed by atoms with Crippen LogP contribution in [0.5, 0.6) is 0 Å². The van der Waals surface area contributed by atoms with Crippen LogP contribution in [0.25, 0.3) is 11.1 Å². The van der Waals surface area contributed by atoms with E-state index in [1.807, 2.05) is 53.6 Å². The number of aliphatic carboxylic acids is 1. The van der Waals surface area contributed by atoms with Crippen molar-refractivity contribution in [3.05, 3.63) is 86.4 Å².